The molecule has 3 rings (SSSR count). The van der Waals surface area contributed by atoms with Gasteiger partial charge in [0.25, 0.3) is 0 Å². The van der Waals surface area contributed by atoms with Crippen molar-refractivity contribution < 1.29 is 0 Å². The van der Waals surface area contributed by atoms with Gasteiger partial charge in [0, 0.05) is 38.4 Å². The predicted molar refractivity (Wildman–Crippen MR) is 80.6 cm³/mol. The summed E-state index contributed by atoms with van der Waals surface area (Å²) in [6, 6.07) is 8.84. The summed E-state index contributed by atoms with van der Waals surface area (Å²) in [5, 5.41) is 0. The maximum absolute atomic E-state index is 5.88. The summed E-state index contributed by atoms with van der Waals surface area (Å²) in [5.74, 6) is 0. The second-order valence-corrected chi connectivity index (χ2v) is 6.31. The lowest BCUT2D eigenvalue weighted by atomic mass is 10.1. The molecule has 0 atom stereocenters. The quantitative estimate of drug-likeness (QED) is 0.896. The molecule has 1 heterocycles. The van der Waals surface area contributed by atoms with Crippen LogP contribution in [0, 0.1) is 12.3 Å². The number of nitrogens with two attached hydrogens (primary N) is 1. The molecule has 1 aromatic carbocycles. The topological polar surface area (TPSA) is 32.5 Å². The first-order chi connectivity index (χ1) is 9.21. The average Bonchev–Trinajstić information content (AvgIpc) is 3.20. The van der Waals surface area contributed by atoms with E-state index in [9.17, 15) is 0 Å². The highest BCUT2D eigenvalue weighted by atomic mass is 15.3. The van der Waals surface area contributed by atoms with Crippen LogP contribution in [0.3, 0.4) is 0 Å². The highest BCUT2D eigenvalue weighted by Crippen LogP contribution is 2.45. The molecule has 1 aliphatic carbocycles. The lowest BCUT2D eigenvalue weighted by Gasteiger charge is -2.37. The lowest BCUT2D eigenvalue weighted by molar-refractivity contribution is 0.211. The van der Waals surface area contributed by atoms with Crippen LogP contribution in [0.5, 0.6) is 0 Å². The summed E-state index contributed by atoms with van der Waals surface area (Å²) in [6.07, 6.45) is 2.67. The highest BCUT2D eigenvalue weighted by Gasteiger charge is 2.42. The van der Waals surface area contributed by atoms with Crippen molar-refractivity contribution in [2.45, 2.75) is 19.8 Å². The zero-order chi connectivity index (χ0) is 13.3. The Kier molecular flexibility index (Phi) is 3.50. The molecular weight excluding hydrogens is 234 g/mol. The first-order valence-electron chi connectivity index (χ1n) is 7.45. The molecule has 104 valence electrons. The Morgan fingerprint density at radius 3 is 2.47 bits per heavy atom. The van der Waals surface area contributed by atoms with Gasteiger partial charge in [-0.05, 0) is 49.4 Å². The summed E-state index contributed by atoms with van der Waals surface area (Å²) >= 11 is 0. The minimum atomic E-state index is 0.478. The van der Waals surface area contributed by atoms with Gasteiger partial charge in [0.2, 0.25) is 0 Å². The van der Waals surface area contributed by atoms with E-state index in [0.29, 0.717) is 5.41 Å². The van der Waals surface area contributed by atoms with E-state index in [2.05, 4.69) is 41.0 Å². The third kappa shape index (κ3) is 2.93. The average molecular weight is 259 g/mol. The molecule has 19 heavy (non-hydrogen) atoms. The van der Waals surface area contributed by atoms with Crippen molar-refractivity contribution in [1.82, 2.24) is 4.90 Å². The van der Waals surface area contributed by atoms with E-state index < -0.39 is 0 Å². The third-order valence-electron chi connectivity index (χ3n) is 4.69. The largest absolute Gasteiger partial charge is 0.369 e. The summed E-state index contributed by atoms with van der Waals surface area (Å²) in [7, 11) is 0. The molecular formula is C16H25N3. The van der Waals surface area contributed by atoms with Crippen LogP contribution in [0.25, 0.3) is 0 Å². The number of rotatable bonds is 4. The number of hydrogen-bond donors (Lipinski definition) is 1. The summed E-state index contributed by atoms with van der Waals surface area (Å²) < 4.78 is 0. The van der Waals surface area contributed by atoms with E-state index >= 15 is 0 Å². The van der Waals surface area contributed by atoms with Crippen molar-refractivity contribution in [2.24, 2.45) is 11.1 Å². The van der Waals surface area contributed by atoms with Gasteiger partial charge in [0.05, 0.1) is 0 Å². The van der Waals surface area contributed by atoms with Gasteiger partial charge < -0.3 is 10.6 Å². The van der Waals surface area contributed by atoms with Crippen molar-refractivity contribution >= 4 is 5.69 Å². The maximum atomic E-state index is 5.88. The van der Waals surface area contributed by atoms with Crippen molar-refractivity contribution in [1.29, 1.82) is 0 Å². The van der Waals surface area contributed by atoms with Crippen molar-refractivity contribution in [3.8, 4) is 0 Å². The first kappa shape index (κ1) is 12.9. The van der Waals surface area contributed by atoms with E-state index in [-0.39, 0.29) is 0 Å². The van der Waals surface area contributed by atoms with Gasteiger partial charge in [0.15, 0.2) is 0 Å². The van der Waals surface area contributed by atoms with Crippen LogP contribution in [0.15, 0.2) is 24.3 Å². The Morgan fingerprint density at radius 2 is 1.89 bits per heavy atom. The van der Waals surface area contributed by atoms with Crippen molar-refractivity contribution in [3.05, 3.63) is 29.8 Å². The Labute approximate surface area is 116 Å². The van der Waals surface area contributed by atoms with Gasteiger partial charge in [-0.15, -0.1) is 0 Å². The van der Waals surface area contributed by atoms with E-state index in [0.717, 1.165) is 19.6 Å². The van der Waals surface area contributed by atoms with Crippen LogP contribution in [0.1, 0.15) is 18.4 Å². The fourth-order valence-electron chi connectivity index (χ4n) is 3.07. The van der Waals surface area contributed by atoms with Crippen molar-refractivity contribution in [2.75, 3.05) is 44.2 Å². The molecule has 2 fully saturated rings. The number of hydrogen-bond acceptors (Lipinski definition) is 3. The Bertz CT molecular complexity index is 431. The van der Waals surface area contributed by atoms with Gasteiger partial charge in [0.1, 0.15) is 0 Å². The molecule has 0 amide bonds. The number of piperazine rings is 1. The van der Waals surface area contributed by atoms with Crippen LogP contribution in [0.4, 0.5) is 5.69 Å². The molecule has 0 unspecified atom stereocenters. The molecule has 0 spiro atoms. The molecule has 2 N–H and O–H groups in total. The van der Waals surface area contributed by atoms with Crippen LogP contribution < -0.4 is 10.6 Å². The fourth-order valence-corrected chi connectivity index (χ4v) is 3.07. The number of benzene rings is 1. The summed E-state index contributed by atoms with van der Waals surface area (Å²) in [6.45, 7) is 8.88. The minimum Gasteiger partial charge on any atom is -0.369 e. The molecule has 1 aliphatic heterocycles. The maximum Gasteiger partial charge on any atom is 0.0369 e. The van der Waals surface area contributed by atoms with Gasteiger partial charge in [-0.25, -0.2) is 0 Å². The Hall–Kier alpha value is -1.06. The van der Waals surface area contributed by atoms with E-state index in [1.54, 1.807) is 0 Å². The molecule has 3 heteroatoms. The number of nitrogens with zero attached hydrogens (tertiary/aromatic N) is 2. The highest BCUT2D eigenvalue weighted by molar-refractivity contribution is 5.48. The van der Waals surface area contributed by atoms with Crippen molar-refractivity contribution in [3.63, 3.8) is 0 Å². The molecule has 0 aromatic heterocycles. The number of aryl methyl sites for hydroxylation is 1. The number of anilines is 1. The monoisotopic (exact) mass is 259 g/mol. The predicted octanol–water partition coefficient (Wildman–Crippen LogP) is 1.86. The van der Waals surface area contributed by atoms with Crippen LogP contribution >= 0.6 is 0 Å². The minimum absolute atomic E-state index is 0.478. The first-order valence-corrected chi connectivity index (χ1v) is 7.45. The summed E-state index contributed by atoms with van der Waals surface area (Å²) in [5.41, 5.74) is 9.08. The normalized spacial score (nSPS) is 22.5. The smallest absolute Gasteiger partial charge is 0.0369 e. The Morgan fingerprint density at radius 1 is 1.16 bits per heavy atom. The van der Waals surface area contributed by atoms with Gasteiger partial charge >= 0.3 is 0 Å². The zero-order valence-corrected chi connectivity index (χ0v) is 11.9. The van der Waals surface area contributed by atoms with Gasteiger partial charge in [-0.2, -0.15) is 0 Å². The Balaban J connectivity index is 1.55. The summed E-state index contributed by atoms with van der Waals surface area (Å²) in [4.78, 5) is 5.11. The van der Waals surface area contributed by atoms with Gasteiger partial charge in [-0.1, -0.05) is 12.1 Å². The molecule has 1 saturated heterocycles. The molecule has 1 aromatic rings. The van der Waals surface area contributed by atoms with Crippen LogP contribution in [-0.4, -0.2) is 44.2 Å². The van der Waals surface area contributed by atoms with E-state index in [1.807, 2.05) is 0 Å². The lowest BCUT2D eigenvalue weighted by Crippen LogP contribution is -2.48. The second kappa shape index (κ2) is 5.14. The zero-order valence-electron chi connectivity index (χ0n) is 11.9. The second-order valence-electron chi connectivity index (χ2n) is 6.31. The third-order valence-corrected chi connectivity index (χ3v) is 4.69. The van der Waals surface area contributed by atoms with Crippen LogP contribution in [-0.2, 0) is 0 Å². The standard InChI is InChI=1S/C16H25N3/c1-14-3-2-4-15(11-14)19-9-7-18(8-10-19)13-16(12-17)5-6-16/h2-4,11H,5-10,12-13,17H2,1H3. The molecule has 3 nitrogen and oxygen atoms in total. The molecule has 1 saturated carbocycles. The van der Waals surface area contributed by atoms with E-state index in [1.165, 1.54) is 43.7 Å². The van der Waals surface area contributed by atoms with Crippen LogP contribution in [0.2, 0.25) is 0 Å². The molecule has 0 radical (unpaired) electrons. The SMILES string of the molecule is Cc1cccc(N2CCN(CC3(CN)CC3)CC2)c1. The molecule has 2 aliphatic rings. The van der Waals surface area contributed by atoms with Gasteiger partial charge in [-0.3, -0.25) is 4.90 Å². The fraction of sp³-hybridized carbons (Fsp3) is 0.625. The molecule has 0 bridgehead atoms. The van der Waals surface area contributed by atoms with E-state index in [4.69, 9.17) is 5.73 Å².